The third-order valence-electron chi connectivity index (χ3n) is 1.65. The van der Waals surface area contributed by atoms with Gasteiger partial charge in [-0.25, -0.2) is 14.6 Å². The van der Waals surface area contributed by atoms with E-state index in [-0.39, 0.29) is 11.3 Å². The summed E-state index contributed by atoms with van der Waals surface area (Å²) in [6, 6.07) is 1.40. The van der Waals surface area contributed by atoms with E-state index in [0.717, 1.165) is 0 Å². The second-order valence-electron chi connectivity index (χ2n) is 2.53. The minimum absolute atomic E-state index is 0.122. The van der Waals surface area contributed by atoms with E-state index >= 15 is 0 Å². The van der Waals surface area contributed by atoms with E-state index in [1.807, 2.05) is 0 Å². The Morgan fingerprint density at radius 2 is 1.87 bits per heavy atom. The Hall–Kier alpha value is -1.43. The maximum atomic E-state index is 11.2. The Morgan fingerprint density at radius 1 is 1.27 bits per heavy atom. The second kappa shape index (κ2) is 4.88. The molecule has 0 aromatic carbocycles. The molecule has 0 unspecified atom stereocenters. The molecule has 6 heteroatoms. The summed E-state index contributed by atoms with van der Waals surface area (Å²) in [6.07, 6.45) is 1.25. The molecule has 80 valence electrons. The normalized spacial score (nSPS) is 9.53. The largest absolute Gasteiger partial charge is 0.465 e. The highest BCUT2D eigenvalue weighted by Crippen LogP contribution is 2.17. The molecule has 0 spiro atoms. The van der Waals surface area contributed by atoms with Crippen LogP contribution in [0.15, 0.2) is 16.7 Å². The lowest BCUT2D eigenvalue weighted by Crippen LogP contribution is -2.08. The van der Waals surface area contributed by atoms with Gasteiger partial charge in [0.15, 0.2) is 0 Å². The van der Waals surface area contributed by atoms with Gasteiger partial charge in [-0.1, -0.05) is 0 Å². The van der Waals surface area contributed by atoms with Crippen molar-refractivity contribution in [3.63, 3.8) is 0 Å². The molecule has 0 bridgehead atoms. The van der Waals surface area contributed by atoms with Crippen molar-refractivity contribution < 1.29 is 19.1 Å². The van der Waals surface area contributed by atoms with Gasteiger partial charge < -0.3 is 9.47 Å². The second-order valence-corrected chi connectivity index (χ2v) is 3.39. The van der Waals surface area contributed by atoms with Crippen molar-refractivity contribution in [3.8, 4) is 0 Å². The Morgan fingerprint density at radius 3 is 2.33 bits per heavy atom. The summed E-state index contributed by atoms with van der Waals surface area (Å²) in [4.78, 5) is 26.0. The molecule has 0 saturated heterocycles. The molecular weight excluding hydrogens is 266 g/mol. The molecule has 0 amide bonds. The van der Waals surface area contributed by atoms with Crippen molar-refractivity contribution in [3.05, 3.63) is 28.0 Å². The van der Waals surface area contributed by atoms with Gasteiger partial charge in [-0.05, 0) is 22.0 Å². The summed E-state index contributed by atoms with van der Waals surface area (Å²) in [7, 11) is 2.52. The lowest BCUT2D eigenvalue weighted by molar-refractivity contribution is 0.0580. The highest BCUT2D eigenvalue weighted by molar-refractivity contribution is 9.10. The number of hydrogen-bond acceptors (Lipinski definition) is 5. The summed E-state index contributed by atoms with van der Waals surface area (Å²) in [6.45, 7) is 0. The average Bonchev–Trinajstić information content (AvgIpc) is 2.26. The molecule has 0 fully saturated rings. The minimum atomic E-state index is -0.563. The molecule has 0 N–H and O–H groups in total. The summed E-state index contributed by atoms with van der Waals surface area (Å²) in [5, 5.41) is 0. The van der Waals surface area contributed by atoms with Gasteiger partial charge in [-0.2, -0.15) is 0 Å². The molecule has 0 aliphatic heterocycles. The first-order chi connectivity index (χ1) is 7.10. The molecule has 1 aromatic heterocycles. The number of nitrogens with zero attached hydrogens (tertiary/aromatic N) is 1. The summed E-state index contributed by atoms with van der Waals surface area (Å²) in [5.74, 6) is -1.09. The Balaban J connectivity index is 3.08. The lowest BCUT2D eigenvalue weighted by Gasteiger charge is -2.03. The third-order valence-corrected chi connectivity index (χ3v) is 2.31. The van der Waals surface area contributed by atoms with E-state index in [0.29, 0.717) is 4.47 Å². The van der Waals surface area contributed by atoms with Crippen LogP contribution >= 0.6 is 15.9 Å². The number of esters is 2. The van der Waals surface area contributed by atoms with Crippen LogP contribution in [0.1, 0.15) is 20.8 Å². The zero-order chi connectivity index (χ0) is 11.4. The van der Waals surface area contributed by atoms with Gasteiger partial charge in [0.2, 0.25) is 0 Å². The Labute approximate surface area is 94.5 Å². The molecular formula is C9H8BrNO4. The van der Waals surface area contributed by atoms with Crippen LogP contribution in [0.25, 0.3) is 0 Å². The van der Waals surface area contributed by atoms with Crippen LogP contribution in [0.4, 0.5) is 0 Å². The first-order valence-corrected chi connectivity index (χ1v) is 4.71. The van der Waals surface area contributed by atoms with E-state index in [1.54, 1.807) is 0 Å². The van der Waals surface area contributed by atoms with Crippen molar-refractivity contribution >= 4 is 27.9 Å². The van der Waals surface area contributed by atoms with Crippen molar-refractivity contribution in [1.82, 2.24) is 4.98 Å². The molecule has 0 radical (unpaired) electrons. The predicted octanol–water partition coefficient (Wildman–Crippen LogP) is 1.42. The fourth-order valence-corrected chi connectivity index (χ4v) is 1.39. The van der Waals surface area contributed by atoms with E-state index < -0.39 is 11.9 Å². The zero-order valence-electron chi connectivity index (χ0n) is 8.11. The molecule has 0 atom stereocenters. The van der Waals surface area contributed by atoms with Gasteiger partial charge in [-0.15, -0.1) is 0 Å². The molecule has 0 aliphatic carbocycles. The number of carbonyl (C=O) groups excluding carboxylic acids is 2. The van der Waals surface area contributed by atoms with Crippen LogP contribution < -0.4 is 0 Å². The highest BCUT2D eigenvalue weighted by Gasteiger charge is 2.14. The van der Waals surface area contributed by atoms with E-state index in [4.69, 9.17) is 0 Å². The molecule has 0 aliphatic rings. The van der Waals surface area contributed by atoms with Crippen molar-refractivity contribution in [2.75, 3.05) is 14.2 Å². The Bertz CT molecular complexity index is 405. The highest BCUT2D eigenvalue weighted by atomic mass is 79.9. The molecule has 0 saturated carbocycles. The molecule has 1 aromatic rings. The van der Waals surface area contributed by atoms with E-state index in [9.17, 15) is 9.59 Å². The van der Waals surface area contributed by atoms with Crippen LogP contribution in [0.3, 0.4) is 0 Å². The number of aromatic nitrogens is 1. The van der Waals surface area contributed by atoms with Gasteiger partial charge >= 0.3 is 11.9 Å². The van der Waals surface area contributed by atoms with Crippen LogP contribution in [-0.2, 0) is 9.47 Å². The van der Waals surface area contributed by atoms with Gasteiger partial charge in [0, 0.05) is 10.7 Å². The molecule has 1 rings (SSSR count). The number of rotatable bonds is 2. The average molecular weight is 274 g/mol. The molecule has 5 nitrogen and oxygen atoms in total. The fraction of sp³-hybridized carbons (Fsp3) is 0.222. The third kappa shape index (κ3) is 2.53. The number of pyridine rings is 1. The topological polar surface area (TPSA) is 65.5 Å². The number of methoxy groups -OCH3 is 2. The predicted molar refractivity (Wildman–Crippen MR) is 54.6 cm³/mol. The summed E-state index contributed by atoms with van der Waals surface area (Å²) >= 11 is 3.14. The monoisotopic (exact) mass is 273 g/mol. The van der Waals surface area contributed by atoms with Crippen LogP contribution in [0.2, 0.25) is 0 Å². The maximum absolute atomic E-state index is 11.2. The molecule has 1 heterocycles. The Kier molecular flexibility index (Phi) is 3.79. The quantitative estimate of drug-likeness (QED) is 0.763. The van der Waals surface area contributed by atoms with Crippen molar-refractivity contribution in [2.45, 2.75) is 0 Å². The SMILES string of the molecule is COC(=O)c1cc(Br)c(C(=O)OC)cn1. The van der Waals surface area contributed by atoms with E-state index in [1.165, 1.54) is 26.5 Å². The smallest absolute Gasteiger partial charge is 0.356 e. The zero-order valence-corrected chi connectivity index (χ0v) is 9.70. The number of ether oxygens (including phenoxy) is 2. The standard InChI is InChI=1S/C9H8BrNO4/c1-14-8(12)5-4-11-7(3-6(5)10)9(13)15-2/h3-4H,1-2H3. The van der Waals surface area contributed by atoms with Crippen molar-refractivity contribution in [1.29, 1.82) is 0 Å². The van der Waals surface area contributed by atoms with Crippen LogP contribution in [-0.4, -0.2) is 31.1 Å². The minimum Gasteiger partial charge on any atom is -0.465 e. The first-order valence-electron chi connectivity index (χ1n) is 3.92. The molecule has 15 heavy (non-hydrogen) atoms. The number of carbonyl (C=O) groups is 2. The van der Waals surface area contributed by atoms with Crippen LogP contribution in [0, 0.1) is 0 Å². The van der Waals surface area contributed by atoms with Gasteiger partial charge in [0.05, 0.1) is 19.8 Å². The maximum Gasteiger partial charge on any atom is 0.356 e. The summed E-state index contributed by atoms with van der Waals surface area (Å²) < 4.78 is 9.43. The number of hydrogen-bond donors (Lipinski definition) is 0. The van der Waals surface area contributed by atoms with Gasteiger partial charge in [-0.3, -0.25) is 0 Å². The summed E-state index contributed by atoms with van der Waals surface area (Å²) in [5.41, 5.74) is 0.377. The van der Waals surface area contributed by atoms with Gasteiger partial charge in [0.25, 0.3) is 0 Å². The van der Waals surface area contributed by atoms with E-state index in [2.05, 4.69) is 30.4 Å². The van der Waals surface area contributed by atoms with Crippen molar-refractivity contribution in [2.24, 2.45) is 0 Å². The first kappa shape index (κ1) is 11.6. The lowest BCUT2D eigenvalue weighted by atomic mass is 10.2. The van der Waals surface area contributed by atoms with Gasteiger partial charge in [0.1, 0.15) is 5.69 Å². The fourth-order valence-electron chi connectivity index (χ4n) is 0.907. The van der Waals surface area contributed by atoms with Crippen LogP contribution in [0.5, 0.6) is 0 Å². The number of halogens is 1.